The Hall–Kier alpha value is -3.27. The molecule has 1 N–H and O–H groups in total. The number of amides is 2. The van der Waals surface area contributed by atoms with Crippen molar-refractivity contribution in [2.45, 2.75) is 51.1 Å². The molecule has 2 aromatic carbocycles. The monoisotopic (exact) mass is 480 g/mol. The Bertz CT molecular complexity index is 998. The molecule has 1 fully saturated rings. The lowest BCUT2D eigenvalue weighted by atomic mass is 9.90. The average molecular weight is 480 g/mol. The molecule has 1 heterocycles. The van der Waals surface area contributed by atoms with E-state index in [9.17, 15) is 27.9 Å². The first kappa shape index (κ1) is 25.4. The molecule has 10 heteroatoms. The molecule has 34 heavy (non-hydrogen) atoms. The van der Waals surface area contributed by atoms with Crippen LogP contribution in [-0.2, 0) is 16.2 Å². The molecule has 3 rings (SSSR count). The minimum Gasteiger partial charge on any atom is -0.478 e. The first-order valence-electron chi connectivity index (χ1n) is 10.8. The lowest BCUT2D eigenvalue weighted by Crippen LogP contribution is -2.48. The Morgan fingerprint density at radius 2 is 1.82 bits per heavy atom. The van der Waals surface area contributed by atoms with Gasteiger partial charge in [0.05, 0.1) is 6.54 Å². The lowest BCUT2D eigenvalue weighted by Gasteiger charge is -2.36. The van der Waals surface area contributed by atoms with Gasteiger partial charge in [0.2, 0.25) is 0 Å². The van der Waals surface area contributed by atoms with Crippen LogP contribution in [0, 0.1) is 0 Å². The first-order chi connectivity index (χ1) is 15.9. The highest BCUT2D eigenvalue weighted by atomic mass is 19.4. The number of carbonyl (C=O) groups is 2. The molecule has 1 unspecified atom stereocenters. The van der Waals surface area contributed by atoms with Crippen molar-refractivity contribution in [3.8, 4) is 5.75 Å². The first-order valence-corrected chi connectivity index (χ1v) is 10.8. The number of ether oxygens (including phenoxy) is 1. The second-order valence-electron chi connectivity index (χ2n) is 8.62. The van der Waals surface area contributed by atoms with Crippen LogP contribution in [0.3, 0.4) is 0 Å². The number of rotatable bonds is 7. The third kappa shape index (κ3) is 6.86. The fourth-order valence-corrected chi connectivity index (χ4v) is 3.76. The standard InChI is InChI=1S/C24H27F3N2O5/c1-23(2,21(30)31)33-20-12-6-10-18(14-20)19-11-7-13-28(16-19)22(32)29(34-24(25,26)27)15-17-8-4-3-5-9-17/h3-6,8-10,12,14,19H,7,11,13,15-16H2,1-2H3,(H,30,31). The summed E-state index contributed by atoms with van der Waals surface area (Å²) >= 11 is 0. The van der Waals surface area contributed by atoms with Gasteiger partial charge < -0.3 is 14.7 Å². The number of alkyl halides is 3. The number of benzene rings is 2. The number of nitrogens with zero attached hydrogens (tertiary/aromatic N) is 2. The predicted molar refractivity (Wildman–Crippen MR) is 117 cm³/mol. The number of carbonyl (C=O) groups excluding carboxylic acids is 1. The third-order valence-electron chi connectivity index (χ3n) is 5.51. The number of hydrogen-bond donors (Lipinski definition) is 1. The molecule has 0 spiro atoms. The zero-order valence-electron chi connectivity index (χ0n) is 18.9. The van der Waals surface area contributed by atoms with Crippen molar-refractivity contribution in [3.05, 3.63) is 65.7 Å². The molecule has 0 aliphatic carbocycles. The van der Waals surface area contributed by atoms with E-state index in [1.165, 1.54) is 18.7 Å². The van der Waals surface area contributed by atoms with Crippen molar-refractivity contribution in [1.29, 1.82) is 0 Å². The van der Waals surface area contributed by atoms with Crippen LogP contribution in [0.2, 0.25) is 0 Å². The number of urea groups is 1. The van der Waals surface area contributed by atoms with E-state index in [1.54, 1.807) is 48.5 Å². The molecule has 0 radical (unpaired) electrons. The van der Waals surface area contributed by atoms with Crippen molar-refractivity contribution in [3.63, 3.8) is 0 Å². The number of aliphatic carboxylic acids is 1. The summed E-state index contributed by atoms with van der Waals surface area (Å²) in [5.74, 6) is -0.909. The van der Waals surface area contributed by atoms with Crippen LogP contribution in [-0.4, -0.2) is 52.1 Å². The predicted octanol–water partition coefficient (Wildman–Crippen LogP) is 5.18. The zero-order chi connectivity index (χ0) is 24.9. The molecule has 2 amide bonds. The molecule has 0 saturated carbocycles. The van der Waals surface area contributed by atoms with Crippen LogP contribution in [0.25, 0.3) is 0 Å². The lowest BCUT2D eigenvalue weighted by molar-refractivity contribution is -0.402. The Morgan fingerprint density at radius 1 is 1.12 bits per heavy atom. The SMILES string of the molecule is CC(C)(Oc1cccc(C2CCCN(C(=O)N(Cc3ccccc3)OC(F)(F)F)C2)c1)C(=O)O. The summed E-state index contributed by atoms with van der Waals surface area (Å²) in [4.78, 5) is 29.8. The Labute approximate surface area is 195 Å². The minimum atomic E-state index is -5.01. The van der Waals surface area contributed by atoms with E-state index in [4.69, 9.17) is 4.74 Å². The molecule has 1 aliphatic heterocycles. The third-order valence-corrected chi connectivity index (χ3v) is 5.51. The molecular formula is C24H27F3N2O5. The number of hydrogen-bond acceptors (Lipinski definition) is 4. The molecule has 1 saturated heterocycles. The average Bonchev–Trinajstić information content (AvgIpc) is 2.78. The number of piperidine rings is 1. The smallest absolute Gasteiger partial charge is 0.478 e. The largest absolute Gasteiger partial charge is 0.544 e. The second-order valence-corrected chi connectivity index (χ2v) is 8.62. The number of halogens is 3. The van der Waals surface area contributed by atoms with Crippen molar-refractivity contribution >= 4 is 12.0 Å². The van der Waals surface area contributed by atoms with Gasteiger partial charge in [-0.2, -0.15) is 9.90 Å². The maximum absolute atomic E-state index is 13.0. The number of hydroxylamine groups is 2. The number of carboxylic acids is 1. The van der Waals surface area contributed by atoms with Gasteiger partial charge >= 0.3 is 18.4 Å². The van der Waals surface area contributed by atoms with Gasteiger partial charge in [-0.15, -0.1) is 13.2 Å². The summed E-state index contributed by atoms with van der Waals surface area (Å²) in [6.07, 6.45) is -3.70. The summed E-state index contributed by atoms with van der Waals surface area (Å²) in [7, 11) is 0. The number of likely N-dealkylation sites (tertiary alicyclic amines) is 1. The van der Waals surface area contributed by atoms with Gasteiger partial charge in [0, 0.05) is 19.0 Å². The molecule has 7 nitrogen and oxygen atoms in total. The van der Waals surface area contributed by atoms with Crippen LogP contribution in [0.5, 0.6) is 5.75 Å². The molecule has 0 bridgehead atoms. The Balaban J connectivity index is 1.75. The molecule has 184 valence electrons. The highest BCUT2D eigenvalue weighted by Crippen LogP contribution is 2.31. The Kier molecular flexibility index (Phi) is 7.71. The Morgan fingerprint density at radius 3 is 2.47 bits per heavy atom. The van der Waals surface area contributed by atoms with Gasteiger partial charge in [-0.1, -0.05) is 42.5 Å². The van der Waals surface area contributed by atoms with Crippen LogP contribution < -0.4 is 4.74 Å². The van der Waals surface area contributed by atoms with Crippen molar-refractivity contribution in [1.82, 2.24) is 9.96 Å². The fraction of sp³-hybridized carbons (Fsp3) is 0.417. The highest BCUT2D eigenvalue weighted by Gasteiger charge is 2.38. The highest BCUT2D eigenvalue weighted by molar-refractivity contribution is 5.76. The van der Waals surface area contributed by atoms with Gasteiger partial charge in [0.25, 0.3) is 0 Å². The van der Waals surface area contributed by atoms with Crippen LogP contribution in [0.15, 0.2) is 54.6 Å². The van der Waals surface area contributed by atoms with Crippen molar-refractivity contribution < 1.29 is 37.4 Å². The van der Waals surface area contributed by atoms with Crippen LogP contribution in [0.4, 0.5) is 18.0 Å². The van der Waals surface area contributed by atoms with Crippen molar-refractivity contribution in [2.24, 2.45) is 0 Å². The van der Waals surface area contributed by atoms with Gasteiger partial charge in [-0.05, 0) is 49.9 Å². The summed E-state index contributed by atoms with van der Waals surface area (Å²) in [6, 6.07) is 14.3. The van der Waals surface area contributed by atoms with E-state index in [0.29, 0.717) is 35.8 Å². The summed E-state index contributed by atoms with van der Waals surface area (Å²) in [6.45, 7) is 3.01. The molecule has 0 aromatic heterocycles. The van der Waals surface area contributed by atoms with Gasteiger partial charge in [0.1, 0.15) is 5.75 Å². The van der Waals surface area contributed by atoms with E-state index >= 15 is 0 Å². The molecular weight excluding hydrogens is 453 g/mol. The quantitative estimate of drug-likeness (QED) is 0.553. The van der Waals surface area contributed by atoms with Crippen LogP contribution >= 0.6 is 0 Å². The number of carboxylic acid groups (broad SMARTS) is 1. The van der Waals surface area contributed by atoms with Gasteiger partial charge in [0.15, 0.2) is 5.60 Å². The van der Waals surface area contributed by atoms with E-state index in [2.05, 4.69) is 4.84 Å². The van der Waals surface area contributed by atoms with Gasteiger partial charge in [-0.25, -0.2) is 9.59 Å². The minimum absolute atomic E-state index is 0.154. The summed E-state index contributed by atoms with van der Waals surface area (Å²) in [5, 5.41) is 9.63. The zero-order valence-corrected chi connectivity index (χ0v) is 18.9. The molecule has 1 aliphatic rings. The van der Waals surface area contributed by atoms with E-state index < -0.39 is 24.0 Å². The van der Waals surface area contributed by atoms with Gasteiger partial charge in [-0.3, -0.25) is 0 Å². The molecule has 1 atom stereocenters. The van der Waals surface area contributed by atoms with E-state index in [-0.39, 0.29) is 19.0 Å². The summed E-state index contributed by atoms with van der Waals surface area (Å²) in [5.41, 5.74) is -0.123. The van der Waals surface area contributed by atoms with E-state index in [1.807, 2.05) is 6.07 Å². The topological polar surface area (TPSA) is 79.3 Å². The summed E-state index contributed by atoms with van der Waals surface area (Å²) < 4.78 is 44.7. The van der Waals surface area contributed by atoms with Crippen molar-refractivity contribution in [2.75, 3.05) is 13.1 Å². The second kappa shape index (κ2) is 10.3. The van der Waals surface area contributed by atoms with Crippen LogP contribution in [0.1, 0.15) is 43.7 Å². The maximum atomic E-state index is 13.0. The molecule has 2 aromatic rings. The van der Waals surface area contributed by atoms with E-state index in [0.717, 1.165) is 5.56 Å². The fourth-order valence-electron chi connectivity index (χ4n) is 3.76. The maximum Gasteiger partial charge on any atom is 0.544 e. The normalized spacial score (nSPS) is 16.7.